The van der Waals surface area contributed by atoms with E-state index in [0.717, 1.165) is 11.1 Å². The third-order valence-electron chi connectivity index (χ3n) is 6.94. The molecule has 2 N–H and O–H groups in total. The van der Waals surface area contributed by atoms with Crippen LogP contribution in [0.15, 0.2) is 53.5 Å². The molecule has 1 aliphatic heterocycles. The Labute approximate surface area is 236 Å². The van der Waals surface area contributed by atoms with Crippen molar-refractivity contribution in [2.24, 2.45) is 10.9 Å². The maximum Gasteiger partial charge on any atom is 0.414 e. The van der Waals surface area contributed by atoms with Gasteiger partial charge < -0.3 is 10.1 Å². The summed E-state index contributed by atoms with van der Waals surface area (Å²) in [6.45, 7) is 14.9. The van der Waals surface area contributed by atoms with Gasteiger partial charge in [0.25, 0.3) is 5.91 Å². The average molecular weight is 555 g/mol. The third-order valence-corrected chi connectivity index (χ3v) is 7.17. The minimum atomic E-state index is -0.717. The number of nitrogens with one attached hydrogen (secondary N) is 2. The first-order chi connectivity index (χ1) is 18.1. The molecule has 8 nitrogen and oxygen atoms in total. The van der Waals surface area contributed by atoms with Gasteiger partial charge in [-0.1, -0.05) is 49.7 Å². The van der Waals surface area contributed by atoms with E-state index in [-0.39, 0.29) is 36.2 Å². The Kier molecular flexibility index (Phi) is 9.11. The number of hydrogen-bond acceptors (Lipinski definition) is 5. The Morgan fingerprint density at radius 2 is 1.69 bits per heavy atom. The normalized spacial score (nSPS) is 19.3. The summed E-state index contributed by atoms with van der Waals surface area (Å²) >= 11 is 6.10. The van der Waals surface area contributed by atoms with Crippen molar-refractivity contribution < 1.29 is 19.1 Å². The first-order valence-electron chi connectivity index (χ1n) is 13.2. The minimum Gasteiger partial charge on any atom is -0.444 e. The first kappa shape index (κ1) is 30.2. The molecule has 3 rings (SSSR count). The quantitative estimate of drug-likeness (QED) is 0.430. The fourth-order valence-corrected chi connectivity index (χ4v) is 4.49. The van der Waals surface area contributed by atoms with Crippen LogP contribution in [-0.2, 0) is 9.53 Å². The SMILES string of the molecule is CC(C)[C@]1(C)CC(=O)N([C@H](C)c2cccc(C(=O)N[C@@H](C)c3cccc(Cl)c3)c2)C(NC(=O)OC(C)(C)C)=N1. The van der Waals surface area contributed by atoms with Gasteiger partial charge in [0.15, 0.2) is 0 Å². The summed E-state index contributed by atoms with van der Waals surface area (Å²) in [5, 5.41) is 6.30. The Hall–Kier alpha value is -3.39. The van der Waals surface area contributed by atoms with Crippen molar-refractivity contribution in [3.05, 3.63) is 70.2 Å². The Bertz CT molecular complexity index is 1270. The van der Waals surface area contributed by atoms with Gasteiger partial charge >= 0.3 is 6.09 Å². The molecule has 2 aromatic carbocycles. The largest absolute Gasteiger partial charge is 0.444 e. The molecule has 0 fully saturated rings. The molecule has 0 radical (unpaired) electrons. The smallest absolute Gasteiger partial charge is 0.414 e. The molecule has 0 unspecified atom stereocenters. The van der Waals surface area contributed by atoms with Gasteiger partial charge in [-0.05, 0) is 82.9 Å². The second-order valence-electron chi connectivity index (χ2n) is 11.6. The highest BCUT2D eigenvalue weighted by molar-refractivity contribution is 6.30. The van der Waals surface area contributed by atoms with Crippen LogP contribution in [0.4, 0.5) is 4.79 Å². The Morgan fingerprint density at radius 3 is 2.31 bits per heavy atom. The lowest BCUT2D eigenvalue weighted by atomic mass is 9.84. The molecule has 9 heteroatoms. The molecule has 0 aromatic heterocycles. The minimum absolute atomic E-state index is 0.0582. The van der Waals surface area contributed by atoms with Crippen LogP contribution < -0.4 is 10.6 Å². The lowest BCUT2D eigenvalue weighted by Gasteiger charge is -2.41. The van der Waals surface area contributed by atoms with Gasteiger partial charge in [0.2, 0.25) is 11.9 Å². The van der Waals surface area contributed by atoms with Crippen molar-refractivity contribution in [1.82, 2.24) is 15.5 Å². The highest BCUT2D eigenvalue weighted by Crippen LogP contribution is 2.34. The molecule has 3 atom stereocenters. The van der Waals surface area contributed by atoms with Crippen molar-refractivity contribution in [2.45, 2.75) is 85.0 Å². The Balaban J connectivity index is 1.88. The van der Waals surface area contributed by atoms with Crippen LogP contribution >= 0.6 is 11.6 Å². The monoisotopic (exact) mass is 554 g/mol. The molecule has 0 saturated carbocycles. The van der Waals surface area contributed by atoms with E-state index in [0.29, 0.717) is 10.6 Å². The zero-order chi connectivity index (χ0) is 29.1. The predicted octanol–water partition coefficient (Wildman–Crippen LogP) is 6.42. The van der Waals surface area contributed by atoms with Crippen molar-refractivity contribution in [2.75, 3.05) is 0 Å². The van der Waals surface area contributed by atoms with E-state index in [4.69, 9.17) is 21.3 Å². The number of rotatable bonds is 6. The number of amides is 3. The van der Waals surface area contributed by atoms with Gasteiger partial charge in [-0.3, -0.25) is 19.8 Å². The van der Waals surface area contributed by atoms with E-state index in [2.05, 4.69) is 10.6 Å². The lowest BCUT2D eigenvalue weighted by Crippen LogP contribution is -2.56. The standard InChI is InChI=1S/C30H39ClN4O4/c1-18(2)30(8)17-25(36)35(27(34-30)33-28(38)39-29(5,6)7)20(4)22-12-9-13-23(15-22)26(37)32-19(3)21-11-10-14-24(31)16-21/h9-16,18-20H,17H2,1-8H3,(H,32,37)(H,33,34,38)/t19-,20+,30-/m0/s1. The summed E-state index contributed by atoms with van der Waals surface area (Å²) in [7, 11) is 0. The number of benzene rings is 2. The number of ether oxygens (including phenoxy) is 1. The predicted molar refractivity (Wildman–Crippen MR) is 154 cm³/mol. The van der Waals surface area contributed by atoms with E-state index in [1.54, 1.807) is 45.0 Å². The molecule has 39 heavy (non-hydrogen) atoms. The molecular formula is C30H39ClN4O4. The molecule has 210 valence electrons. The van der Waals surface area contributed by atoms with Crippen molar-refractivity contribution in [3.8, 4) is 0 Å². The van der Waals surface area contributed by atoms with Crippen LogP contribution in [0.25, 0.3) is 0 Å². The van der Waals surface area contributed by atoms with Crippen molar-refractivity contribution in [1.29, 1.82) is 0 Å². The van der Waals surface area contributed by atoms with Crippen LogP contribution in [0.1, 0.15) is 95.4 Å². The van der Waals surface area contributed by atoms with E-state index in [9.17, 15) is 14.4 Å². The number of hydrogen-bond donors (Lipinski definition) is 2. The first-order valence-corrected chi connectivity index (χ1v) is 13.6. The molecule has 2 aromatic rings. The maximum atomic E-state index is 13.5. The third kappa shape index (κ3) is 7.60. The highest BCUT2D eigenvalue weighted by atomic mass is 35.5. The molecule has 0 bridgehead atoms. The van der Waals surface area contributed by atoms with Gasteiger partial charge in [0.05, 0.1) is 24.0 Å². The summed E-state index contributed by atoms with van der Waals surface area (Å²) in [6, 6.07) is 13.7. The van der Waals surface area contributed by atoms with Gasteiger partial charge in [0.1, 0.15) is 5.60 Å². The molecular weight excluding hydrogens is 516 g/mol. The van der Waals surface area contributed by atoms with Gasteiger partial charge in [-0.15, -0.1) is 0 Å². The summed E-state index contributed by atoms with van der Waals surface area (Å²) in [4.78, 5) is 45.6. The average Bonchev–Trinajstić information content (AvgIpc) is 2.82. The van der Waals surface area contributed by atoms with E-state index in [1.807, 2.05) is 58.9 Å². The van der Waals surface area contributed by atoms with Gasteiger partial charge in [-0.25, -0.2) is 9.79 Å². The number of carbonyl (C=O) groups is 3. The van der Waals surface area contributed by atoms with E-state index < -0.39 is 23.3 Å². The maximum absolute atomic E-state index is 13.5. The van der Waals surface area contributed by atoms with Crippen LogP contribution in [-0.4, -0.2) is 39.9 Å². The number of alkyl carbamates (subject to hydrolysis) is 1. The molecule has 0 aliphatic carbocycles. The van der Waals surface area contributed by atoms with Crippen molar-refractivity contribution >= 4 is 35.5 Å². The second-order valence-corrected chi connectivity index (χ2v) is 12.0. The van der Waals surface area contributed by atoms with Gasteiger partial charge in [-0.2, -0.15) is 0 Å². The summed E-state index contributed by atoms with van der Waals surface area (Å²) in [5.41, 5.74) is 0.657. The number of carbonyl (C=O) groups excluding carboxylic acids is 3. The zero-order valence-corrected chi connectivity index (χ0v) is 24.7. The fraction of sp³-hybridized carbons (Fsp3) is 0.467. The summed E-state index contributed by atoms with van der Waals surface area (Å²) < 4.78 is 5.44. The molecule has 0 spiro atoms. The fourth-order valence-electron chi connectivity index (χ4n) is 4.29. The van der Waals surface area contributed by atoms with Crippen LogP contribution in [0.5, 0.6) is 0 Å². The van der Waals surface area contributed by atoms with Crippen LogP contribution in [0.3, 0.4) is 0 Å². The number of guanidine groups is 1. The number of nitrogens with zero attached hydrogens (tertiary/aromatic N) is 2. The zero-order valence-electron chi connectivity index (χ0n) is 24.0. The van der Waals surface area contributed by atoms with Crippen molar-refractivity contribution in [3.63, 3.8) is 0 Å². The molecule has 3 amide bonds. The van der Waals surface area contributed by atoms with Crippen LogP contribution in [0.2, 0.25) is 5.02 Å². The number of aliphatic imine (C=N–C) groups is 1. The lowest BCUT2D eigenvalue weighted by molar-refractivity contribution is -0.131. The van der Waals surface area contributed by atoms with Crippen LogP contribution in [0, 0.1) is 5.92 Å². The van der Waals surface area contributed by atoms with E-state index >= 15 is 0 Å². The topological polar surface area (TPSA) is 100 Å². The number of halogens is 1. The summed E-state index contributed by atoms with van der Waals surface area (Å²) in [6.07, 6.45) is -0.506. The molecule has 1 aliphatic rings. The molecule has 0 saturated heterocycles. The van der Waals surface area contributed by atoms with Gasteiger partial charge in [0, 0.05) is 10.6 Å². The molecule has 1 heterocycles. The second kappa shape index (κ2) is 11.8. The van der Waals surface area contributed by atoms with E-state index in [1.165, 1.54) is 4.90 Å². The highest BCUT2D eigenvalue weighted by Gasteiger charge is 2.42. The summed E-state index contributed by atoms with van der Waals surface area (Å²) in [5.74, 6) is -0.240. The Morgan fingerprint density at radius 1 is 1.05 bits per heavy atom.